The molecule has 0 atom stereocenters. The summed E-state index contributed by atoms with van der Waals surface area (Å²) in [5.74, 6) is 0.410. The summed E-state index contributed by atoms with van der Waals surface area (Å²) in [6.45, 7) is 0.536. The maximum atomic E-state index is 9.44. The fourth-order valence-electron chi connectivity index (χ4n) is 2.45. The van der Waals surface area contributed by atoms with Crippen LogP contribution in [0, 0.1) is 11.3 Å². The number of benzene rings is 2. The van der Waals surface area contributed by atoms with E-state index in [-0.39, 0.29) is 0 Å². The van der Waals surface area contributed by atoms with Crippen LogP contribution in [-0.4, -0.2) is 9.78 Å². The number of anilines is 1. The van der Waals surface area contributed by atoms with Crippen molar-refractivity contribution in [3.63, 3.8) is 0 Å². The summed E-state index contributed by atoms with van der Waals surface area (Å²) in [5.41, 5.74) is 9.45. The number of aromatic nitrogens is 2. The molecule has 24 heavy (non-hydrogen) atoms. The van der Waals surface area contributed by atoms with Gasteiger partial charge < -0.3 is 5.73 Å². The van der Waals surface area contributed by atoms with Crippen LogP contribution in [0.25, 0.3) is 0 Å². The van der Waals surface area contributed by atoms with E-state index >= 15 is 0 Å². The van der Waals surface area contributed by atoms with Crippen molar-refractivity contribution in [2.75, 3.05) is 5.73 Å². The van der Waals surface area contributed by atoms with Gasteiger partial charge in [-0.25, -0.2) is 4.68 Å². The number of nitrogens with two attached hydrogens (primary N) is 1. The Bertz CT molecular complexity index is 891. The van der Waals surface area contributed by atoms with Gasteiger partial charge >= 0.3 is 0 Å². The van der Waals surface area contributed by atoms with E-state index in [1.54, 1.807) is 4.68 Å². The highest BCUT2D eigenvalue weighted by Gasteiger charge is 2.16. The molecular formula is C18H14Br2N4. The highest BCUT2D eigenvalue weighted by Crippen LogP contribution is 2.21. The second kappa shape index (κ2) is 7.20. The molecule has 1 aromatic heterocycles. The summed E-state index contributed by atoms with van der Waals surface area (Å²) in [6.07, 6.45) is 0.577. The molecule has 120 valence electrons. The van der Waals surface area contributed by atoms with E-state index < -0.39 is 0 Å². The minimum atomic E-state index is 0.410. The monoisotopic (exact) mass is 444 g/mol. The number of nitriles is 1. The van der Waals surface area contributed by atoms with Gasteiger partial charge in [-0.3, -0.25) is 0 Å². The van der Waals surface area contributed by atoms with Crippen LogP contribution in [0.5, 0.6) is 0 Å². The zero-order valence-corrected chi connectivity index (χ0v) is 15.9. The largest absolute Gasteiger partial charge is 0.383 e. The molecule has 1 heterocycles. The lowest BCUT2D eigenvalue weighted by molar-refractivity contribution is 0.684. The first kappa shape index (κ1) is 16.7. The van der Waals surface area contributed by atoms with Gasteiger partial charge in [0.1, 0.15) is 17.5 Å². The Morgan fingerprint density at radius 1 is 0.958 bits per heavy atom. The standard InChI is InChI=1S/C18H14Br2N4/c19-14-5-1-12(2-6-14)9-17-16(10-21)18(22)24(23-17)11-13-3-7-15(20)8-4-13/h1-8H,9,11,22H2. The van der Waals surface area contributed by atoms with Crippen LogP contribution >= 0.6 is 31.9 Å². The average Bonchev–Trinajstić information content (AvgIpc) is 2.86. The zero-order chi connectivity index (χ0) is 17.1. The number of nitrogen functional groups attached to an aromatic ring is 1. The average molecular weight is 446 g/mol. The maximum absolute atomic E-state index is 9.44. The van der Waals surface area contributed by atoms with Gasteiger partial charge in [0.05, 0.1) is 12.2 Å². The lowest BCUT2D eigenvalue weighted by atomic mass is 10.1. The highest BCUT2D eigenvalue weighted by molar-refractivity contribution is 9.10. The number of hydrogen-bond acceptors (Lipinski definition) is 3. The van der Waals surface area contributed by atoms with Gasteiger partial charge in [0.25, 0.3) is 0 Å². The SMILES string of the molecule is N#Cc1c(Cc2ccc(Br)cc2)nn(Cc2ccc(Br)cc2)c1N. The number of rotatable bonds is 4. The highest BCUT2D eigenvalue weighted by atomic mass is 79.9. The molecule has 0 fully saturated rings. The van der Waals surface area contributed by atoms with Crippen molar-refractivity contribution < 1.29 is 0 Å². The number of hydrogen-bond donors (Lipinski definition) is 1. The quantitative estimate of drug-likeness (QED) is 0.642. The Kier molecular flexibility index (Phi) is 5.03. The Labute approximate surface area is 157 Å². The summed E-state index contributed by atoms with van der Waals surface area (Å²) in [7, 11) is 0. The van der Waals surface area contributed by atoms with E-state index in [9.17, 15) is 5.26 Å². The van der Waals surface area contributed by atoms with E-state index in [0.717, 1.165) is 20.1 Å². The molecule has 0 spiro atoms. The molecule has 2 N–H and O–H groups in total. The Morgan fingerprint density at radius 2 is 1.50 bits per heavy atom. The zero-order valence-electron chi connectivity index (χ0n) is 12.7. The third-order valence-electron chi connectivity index (χ3n) is 3.71. The molecule has 0 aliphatic carbocycles. The van der Waals surface area contributed by atoms with Crippen molar-refractivity contribution in [2.24, 2.45) is 0 Å². The summed E-state index contributed by atoms with van der Waals surface area (Å²) in [4.78, 5) is 0. The van der Waals surface area contributed by atoms with Crippen LogP contribution in [0.1, 0.15) is 22.4 Å². The summed E-state index contributed by atoms with van der Waals surface area (Å²) >= 11 is 6.84. The first-order valence-corrected chi connectivity index (χ1v) is 8.89. The molecule has 2 aromatic carbocycles. The molecule has 0 radical (unpaired) electrons. The Morgan fingerprint density at radius 3 is 2.04 bits per heavy atom. The molecule has 0 amide bonds. The van der Waals surface area contributed by atoms with Crippen molar-refractivity contribution in [2.45, 2.75) is 13.0 Å². The van der Waals surface area contributed by atoms with Crippen molar-refractivity contribution in [3.05, 3.63) is 79.9 Å². The minimum Gasteiger partial charge on any atom is -0.383 e. The van der Waals surface area contributed by atoms with Crippen LogP contribution in [-0.2, 0) is 13.0 Å². The summed E-state index contributed by atoms with van der Waals surface area (Å²) < 4.78 is 3.73. The molecule has 4 nitrogen and oxygen atoms in total. The summed E-state index contributed by atoms with van der Waals surface area (Å²) in [5, 5.41) is 14.0. The van der Waals surface area contributed by atoms with Crippen LogP contribution in [0.2, 0.25) is 0 Å². The van der Waals surface area contributed by atoms with Crippen molar-refractivity contribution >= 4 is 37.7 Å². The third-order valence-corrected chi connectivity index (χ3v) is 4.76. The van der Waals surface area contributed by atoms with Crippen LogP contribution < -0.4 is 5.73 Å². The minimum absolute atomic E-state index is 0.410. The van der Waals surface area contributed by atoms with Gasteiger partial charge in [0.2, 0.25) is 0 Å². The molecule has 0 bridgehead atoms. The normalized spacial score (nSPS) is 10.5. The molecule has 0 unspecified atom stereocenters. The van der Waals surface area contributed by atoms with Gasteiger partial charge in [0.15, 0.2) is 0 Å². The predicted octanol–water partition coefficient (Wildman–Crippen LogP) is 4.50. The molecule has 3 rings (SSSR count). The fraction of sp³-hybridized carbons (Fsp3) is 0.111. The lowest BCUT2D eigenvalue weighted by Crippen LogP contribution is -2.06. The second-order valence-electron chi connectivity index (χ2n) is 5.41. The van der Waals surface area contributed by atoms with Gasteiger partial charge in [0, 0.05) is 15.4 Å². The molecular weight excluding hydrogens is 432 g/mol. The van der Waals surface area contributed by atoms with E-state index in [1.807, 2.05) is 48.5 Å². The molecule has 6 heteroatoms. The number of nitrogens with zero attached hydrogens (tertiary/aromatic N) is 3. The molecule has 0 saturated carbocycles. The fourth-order valence-corrected chi connectivity index (χ4v) is 2.98. The van der Waals surface area contributed by atoms with Crippen molar-refractivity contribution in [1.29, 1.82) is 5.26 Å². The van der Waals surface area contributed by atoms with Crippen molar-refractivity contribution in [1.82, 2.24) is 9.78 Å². The molecule has 0 saturated heterocycles. The van der Waals surface area contributed by atoms with E-state index in [0.29, 0.717) is 30.0 Å². The smallest absolute Gasteiger partial charge is 0.140 e. The molecule has 0 aliphatic heterocycles. The topological polar surface area (TPSA) is 67.6 Å². The van der Waals surface area contributed by atoms with E-state index in [4.69, 9.17) is 5.73 Å². The van der Waals surface area contributed by atoms with Crippen LogP contribution in [0.15, 0.2) is 57.5 Å². The van der Waals surface area contributed by atoms with Gasteiger partial charge in [-0.1, -0.05) is 56.1 Å². The predicted molar refractivity (Wildman–Crippen MR) is 102 cm³/mol. The van der Waals surface area contributed by atoms with Crippen LogP contribution in [0.4, 0.5) is 5.82 Å². The van der Waals surface area contributed by atoms with Gasteiger partial charge in [-0.05, 0) is 35.4 Å². The second-order valence-corrected chi connectivity index (χ2v) is 7.24. The van der Waals surface area contributed by atoms with Gasteiger partial charge in [-0.2, -0.15) is 10.4 Å². The summed E-state index contributed by atoms with van der Waals surface area (Å²) in [6, 6.07) is 18.1. The van der Waals surface area contributed by atoms with Crippen LogP contribution in [0.3, 0.4) is 0 Å². The first-order chi connectivity index (χ1) is 11.6. The Balaban J connectivity index is 1.89. The third kappa shape index (κ3) is 3.69. The maximum Gasteiger partial charge on any atom is 0.140 e. The molecule has 0 aliphatic rings. The van der Waals surface area contributed by atoms with Gasteiger partial charge in [-0.15, -0.1) is 0 Å². The Hall–Kier alpha value is -2.10. The van der Waals surface area contributed by atoms with E-state index in [2.05, 4.69) is 43.0 Å². The molecule has 3 aromatic rings. The first-order valence-electron chi connectivity index (χ1n) is 7.31. The van der Waals surface area contributed by atoms with E-state index in [1.165, 1.54) is 0 Å². The lowest BCUT2D eigenvalue weighted by Gasteiger charge is -2.04. The van der Waals surface area contributed by atoms with Crippen molar-refractivity contribution in [3.8, 4) is 6.07 Å². The number of halogens is 2.